The van der Waals surface area contributed by atoms with Crippen molar-refractivity contribution < 1.29 is 26.7 Å². The van der Waals surface area contributed by atoms with Crippen molar-refractivity contribution in [2.45, 2.75) is 33.1 Å². The Morgan fingerprint density at radius 1 is 1.23 bits per heavy atom. The second-order valence-corrected chi connectivity index (χ2v) is 6.54. The first-order chi connectivity index (χ1) is 10.3. The number of anilines is 1. The lowest BCUT2D eigenvalue weighted by molar-refractivity contribution is 0.0489. The number of carbonyl (C=O) groups is 1. The second-order valence-electron chi connectivity index (χ2n) is 4.69. The standard InChI is InChI=1S/C14H19F2NO4S/c1-3-5-8-21-14(18)12-10(15)6-7-11(13(12)16)17-22(19,20)9-4-2/h6-7,17H,3-5,8-9H2,1-2H3. The summed E-state index contributed by atoms with van der Waals surface area (Å²) in [5, 5.41) is 0. The molecule has 0 aliphatic heterocycles. The van der Waals surface area contributed by atoms with Gasteiger partial charge in [-0.2, -0.15) is 0 Å². The van der Waals surface area contributed by atoms with Crippen molar-refractivity contribution in [1.29, 1.82) is 0 Å². The molecule has 0 bridgehead atoms. The Balaban J connectivity index is 3.05. The Morgan fingerprint density at radius 3 is 2.50 bits per heavy atom. The van der Waals surface area contributed by atoms with Gasteiger partial charge in [-0.3, -0.25) is 4.72 Å². The molecule has 1 aromatic rings. The van der Waals surface area contributed by atoms with Crippen LogP contribution in [0.15, 0.2) is 12.1 Å². The molecule has 0 amide bonds. The summed E-state index contributed by atoms with van der Waals surface area (Å²) in [6.07, 6.45) is 1.66. The van der Waals surface area contributed by atoms with Crippen LogP contribution >= 0.6 is 0 Å². The largest absolute Gasteiger partial charge is 0.462 e. The number of sulfonamides is 1. The molecule has 22 heavy (non-hydrogen) atoms. The van der Waals surface area contributed by atoms with Gasteiger partial charge in [0.2, 0.25) is 10.0 Å². The van der Waals surface area contributed by atoms with Crippen LogP contribution in [0.1, 0.15) is 43.5 Å². The Bertz CT molecular complexity index is 632. The number of carbonyl (C=O) groups excluding carboxylic acids is 1. The fourth-order valence-corrected chi connectivity index (χ4v) is 2.82. The molecule has 0 radical (unpaired) electrons. The van der Waals surface area contributed by atoms with Crippen molar-refractivity contribution in [3.05, 3.63) is 29.3 Å². The topological polar surface area (TPSA) is 72.5 Å². The van der Waals surface area contributed by atoms with Crippen LogP contribution in [0.25, 0.3) is 0 Å². The first kappa shape index (κ1) is 18.3. The van der Waals surface area contributed by atoms with Crippen LogP contribution in [0.2, 0.25) is 0 Å². The van der Waals surface area contributed by atoms with E-state index in [2.05, 4.69) is 0 Å². The van der Waals surface area contributed by atoms with Crippen LogP contribution in [0.5, 0.6) is 0 Å². The molecule has 1 aromatic carbocycles. The lowest BCUT2D eigenvalue weighted by Gasteiger charge is -2.11. The highest BCUT2D eigenvalue weighted by atomic mass is 32.2. The Labute approximate surface area is 128 Å². The molecule has 124 valence electrons. The average Bonchev–Trinajstić information content (AvgIpc) is 2.42. The summed E-state index contributed by atoms with van der Waals surface area (Å²) >= 11 is 0. The number of unbranched alkanes of at least 4 members (excludes halogenated alkanes) is 1. The molecular formula is C14H19F2NO4S. The normalized spacial score (nSPS) is 11.3. The van der Waals surface area contributed by atoms with Crippen LogP contribution in [0.4, 0.5) is 14.5 Å². The average molecular weight is 335 g/mol. The summed E-state index contributed by atoms with van der Waals surface area (Å²) < 4.78 is 57.9. The molecule has 0 fully saturated rings. The molecule has 0 saturated heterocycles. The first-order valence-electron chi connectivity index (χ1n) is 6.98. The maximum absolute atomic E-state index is 14.2. The van der Waals surface area contributed by atoms with Gasteiger partial charge in [0.1, 0.15) is 11.4 Å². The minimum atomic E-state index is -3.75. The quantitative estimate of drug-likeness (QED) is 0.585. The first-order valence-corrected chi connectivity index (χ1v) is 8.63. The molecule has 5 nitrogen and oxygen atoms in total. The van der Waals surface area contributed by atoms with Crippen molar-refractivity contribution in [2.24, 2.45) is 0 Å². The maximum Gasteiger partial charge on any atom is 0.344 e. The number of ether oxygens (including phenoxy) is 1. The zero-order chi connectivity index (χ0) is 16.8. The van der Waals surface area contributed by atoms with Crippen molar-refractivity contribution in [3.8, 4) is 0 Å². The van der Waals surface area contributed by atoms with Gasteiger partial charge in [0.25, 0.3) is 0 Å². The fourth-order valence-electron chi connectivity index (χ4n) is 1.69. The minimum Gasteiger partial charge on any atom is -0.462 e. The van der Waals surface area contributed by atoms with Gasteiger partial charge in [0.15, 0.2) is 5.82 Å². The summed E-state index contributed by atoms with van der Waals surface area (Å²) in [5.74, 6) is -3.74. The summed E-state index contributed by atoms with van der Waals surface area (Å²) in [5.41, 5.74) is -1.37. The van der Waals surface area contributed by atoms with E-state index >= 15 is 0 Å². The van der Waals surface area contributed by atoms with E-state index in [1.807, 2.05) is 11.6 Å². The number of benzene rings is 1. The summed E-state index contributed by atoms with van der Waals surface area (Å²) in [7, 11) is -3.75. The smallest absolute Gasteiger partial charge is 0.344 e. The minimum absolute atomic E-state index is 0.0417. The van der Waals surface area contributed by atoms with Crippen molar-refractivity contribution in [1.82, 2.24) is 0 Å². The SMILES string of the molecule is CCCCOC(=O)c1c(F)ccc(NS(=O)(=O)CCC)c1F. The second kappa shape index (κ2) is 8.07. The summed E-state index contributed by atoms with van der Waals surface area (Å²) in [6.45, 7) is 3.56. The third kappa shape index (κ3) is 4.94. The number of rotatable bonds is 8. The molecule has 0 aliphatic rings. The highest BCUT2D eigenvalue weighted by Gasteiger charge is 2.23. The lowest BCUT2D eigenvalue weighted by Crippen LogP contribution is -2.19. The molecule has 0 heterocycles. The third-order valence-corrected chi connectivity index (χ3v) is 4.24. The molecule has 0 atom stereocenters. The maximum atomic E-state index is 14.2. The van der Waals surface area contributed by atoms with Gasteiger partial charge in [-0.15, -0.1) is 0 Å². The van der Waals surface area contributed by atoms with Gasteiger partial charge in [0, 0.05) is 0 Å². The summed E-state index contributed by atoms with van der Waals surface area (Å²) in [6, 6.07) is 1.75. The van der Waals surface area contributed by atoms with Crippen LogP contribution in [0.3, 0.4) is 0 Å². The van der Waals surface area contributed by atoms with Gasteiger partial charge in [-0.1, -0.05) is 20.3 Å². The number of esters is 1. The van der Waals surface area contributed by atoms with E-state index in [0.717, 1.165) is 18.6 Å². The van der Waals surface area contributed by atoms with Gasteiger partial charge in [0.05, 0.1) is 18.0 Å². The third-order valence-electron chi connectivity index (χ3n) is 2.76. The predicted molar refractivity (Wildman–Crippen MR) is 79.2 cm³/mol. The monoisotopic (exact) mass is 335 g/mol. The molecule has 8 heteroatoms. The van der Waals surface area contributed by atoms with E-state index in [1.165, 1.54) is 0 Å². The molecule has 0 unspecified atom stereocenters. The number of hydrogen-bond acceptors (Lipinski definition) is 4. The molecule has 0 aromatic heterocycles. The molecule has 1 rings (SSSR count). The van der Waals surface area contributed by atoms with E-state index in [9.17, 15) is 22.0 Å². The zero-order valence-electron chi connectivity index (χ0n) is 12.5. The van der Waals surface area contributed by atoms with Crippen molar-refractivity contribution >= 4 is 21.7 Å². The van der Waals surface area contributed by atoms with Crippen LogP contribution in [0, 0.1) is 11.6 Å². The van der Waals surface area contributed by atoms with E-state index in [0.29, 0.717) is 12.8 Å². The number of nitrogens with one attached hydrogen (secondary N) is 1. The molecule has 1 N–H and O–H groups in total. The van der Waals surface area contributed by atoms with Gasteiger partial charge in [-0.25, -0.2) is 22.0 Å². The van der Waals surface area contributed by atoms with Crippen LogP contribution in [-0.2, 0) is 14.8 Å². The van der Waals surface area contributed by atoms with Gasteiger partial charge >= 0.3 is 5.97 Å². The molecule has 0 saturated carbocycles. The lowest BCUT2D eigenvalue weighted by atomic mass is 10.1. The highest BCUT2D eigenvalue weighted by Crippen LogP contribution is 2.23. The van der Waals surface area contributed by atoms with Crippen molar-refractivity contribution in [3.63, 3.8) is 0 Å². The zero-order valence-corrected chi connectivity index (χ0v) is 13.3. The predicted octanol–water partition coefficient (Wildman–Crippen LogP) is 3.07. The Kier molecular flexibility index (Phi) is 6.73. The molecular weight excluding hydrogens is 316 g/mol. The van der Waals surface area contributed by atoms with E-state index < -0.39 is 38.9 Å². The summed E-state index contributed by atoms with van der Waals surface area (Å²) in [4.78, 5) is 11.7. The van der Waals surface area contributed by atoms with E-state index in [-0.39, 0.29) is 12.4 Å². The molecule has 0 spiro atoms. The fraction of sp³-hybridized carbons (Fsp3) is 0.500. The van der Waals surface area contributed by atoms with E-state index in [4.69, 9.17) is 4.74 Å². The Hall–Kier alpha value is -1.70. The van der Waals surface area contributed by atoms with Crippen LogP contribution < -0.4 is 4.72 Å². The number of halogens is 2. The van der Waals surface area contributed by atoms with Gasteiger partial charge < -0.3 is 4.74 Å². The molecule has 0 aliphatic carbocycles. The van der Waals surface area contributed by atoms with Crippen LogP contribution in [-0.4, -0.2) is 26.7 Å². The Morgan fingerprint density at radius 2 is 1.91 bits per heavy atom. The highest BCUT2D eigenvalue weighted by molar-refractivity contribution is 7.92. The van der Waals surface area contributed by atoms with Gasteiger partial charge in [-0.05, 0) is 25.0 Å². The van der Waals surface area contributed by atoms with Crippen molar-refractivity contribution in [2.75, 3.05) is 17.1 Å². The number of hydrogen-bond donors (Lipinski definition) is 1. The van der Waals surface area contributed by atoms with E-state index in [1.54, 1.807) is 6.92 Å².